The average Bonchev–Trinajstić information content (AvgIpc) is 2.25. The summed E-state index contributed by atoms with van der Waals surface area (Å²) in [6, 6.07) is 0. The quantitative estimate of drug-likeness (QED) is 0.289. The summed E-state index contributed by atoms with van der Waals surface area (Å²) >= 11 is 2.93. The fourth-order valence-corrected chi connectivity index (χ4v) is 2.29. The van der Waals surface area contributed by atoms with E-state index in [1.165, 1.54) is 64.2 Å². The molecule has 98 valence electrons. The van der Waals surface area contributed by atoms with E-state index < -0.39 is 5.08 Å². The Kier molecular flexibility index (Phi) is 13.8. The second kappa shape index (κ2) is 13.5. The van der Waals surface area contributed by atoms with Crippen molar-refractivity contribution in [2.75, 3.05) is 0 Å². The van der Waals surface area contributed by atoms with Crippen molar-refractivity contribution < 1.29 is 4.39 Å². The minimum absolute atomic E-state index is 0.678. The molecule has 0 fully saturated rings. The van der Waals surface area contributed by atoms with E-state index in [0.717, 1.165) is 6.42 Å². The smallest absolute Gasteiger partial charge is 0.154 e. The van der Waals surface area contributed by atoms with E-state index >= 15 is 0 Å². The monoisotopic (exact) mass is 294 g/mol. The lowest BCUT2D eigenvalue weighted by molar-refractivity contribution is 0.418. The maximum absolute atomic E-state index is 12.4. The fraction of sp³-hybridized carbons (Fsp3) is 1.00. The van der Waals surface area contributed by atoms with Crippen LogP contribution in [0.1, 0.15) is 84.0 Å². The summed E-state index contributed by atoms with van der Waals surface area (Å²) in [5.74, 6) is 0. The van der Waals surface area contributed by atoms with E-state index in [1.807, 2.05) is 0 Å². The first kappa shape index (κ1) is 16.4. The standard InChI is InChI=1S/C14H28BrF/c1-2-3-4-5-6-7-8-9-10-11-12-13-14(15)16/h14H,2-13H2,1H3. The maximum atomic E-state index is 12.4. The lowest BCUT2D eigenvalue weighted by Gasteiger charge is -2.02. The number of unbranched alkanes of at least 4 members (excludes halogenated alkanes) is 10. The van der Waals surface area contributed by atoms with Crippen LogP contribution in [-0.4, -0.2) is 5.08 Å². The zero-order chi connectivity index (χ0) is 12.1. The van der Waals surface area contributed by atoms with Gasteiger partial charge in [-0.1, -0.05) is 87.1 Å². The van der Waals surface area contributed by atoms with Crippen molar-refractivity contribution >= 4 is 15.9 Å². The van der Waals surface area contributed by atoms with Gasteiger partial charge in [-0.15, -0.1) is 0 Å². The van der Waals surface area contributed by atoms with Gasteiger partial charge >= 0.3 is 0 Å². The Labute approximate surface area is 110 Å². The molecule has 0 aromatic carbocycles. The lowest BCUT2D eigenvalue weighted by atomic mass is 10.1. The van der Waals surface area contributed by atoms with Crippen molar-refractivity contribution in [2.45, 2.75) is 89.1 Å². The third-order valence-corrected chi connectivity index (χ3v) is 3.48. The van der Waals surface area contributed by atoms with Crippen LogP contribution in [0.4, 0.5) is 4.39 Å². The number of alkyl halides is 2. The molecule has 0 heterocycles. The molecule has 0 amide bonds. The zero-order valence-corrected chi connectivity index (χ0v) is 12.4. The Morgan fingerprint density at radius 2 is 1.12 bits per heavy atom. The van der Waals surface area contributed by atoms with Crippen molar-refractivity contribution in [3.63, 3.8) is 0 Å². The Morgan fingerprint density at radius 3 is 1.50 bits per heavy atom. The maximum Gasteiger partial charge on any atom is 0.154 e. The molecule has 0 aromatic rings. The summed E-state index contributed by atoms with van der Waals surface area (Å²) in [5.41, 5.74) is 0. The van der Waals surface area contributed by atoms with E-state index in [1.54, 1.807) is 0 Å². The van der Waals surface area contributed by atoms with Gasteiger partial charge in [-0.3, -0.25) is 0 Å². The number of hydrogen-bond acceptors (Lipinski definition) is 0. The van der Waals surface area contributed by atoms with Crippen LogP contribution < -0.4 is 0 Å². The molecular formula is C14H28BrF. The Bertz CT molecular complexity index is 126. The first-order chi connectivity index (χ1) is 7.77. The van der Waals surface area contributed by atoms with E-state index in [2.05, 4.69) is 22.9 Å². The highest BCUT2D eigenvalue weighted by molar-refractivity contribution is 9.09. The highest BCUT2D eigenvalue weighted by Crippen LogP contribution is 2.14. The van der Waals surface area contributed by atoms with Crippen LogP contribution in [0.15, 0.2) is 0 Å². The van der Waals surface area contributed by atoms with Crippen molar-refractivity contribution in [1.82, 2.24) is 0 Å². The zero-order valence-electron chi connectivity index (χ0n) is 10.8. The Balaban J connectivity index is 2.88. The van der Waals surface area contributed by atoms with E-state index in [-0.39, 0.29) is 0 Å². The number of rotatable bonds is 12. The molecule has 16 heavy (non-hydrogen) atoms. The number of halogens is 2. The summed E-state index contributed by atoms with van der Waals surface area (Å²) in [7, 11) is 0. The highest BCUT2D eigenvalue weighted by atomic mass is 79.9. The molecule has 0 aliphatic rings. The first-order valence-corrected chi connectivity index (χ1v) is 7.97. The SMILES string of the molecule is CCCCCCCCCCCCCC(F)Br. The van der Waals surface area contributed by atoms with Gasteiger partial charge in [0.2, 0.25) is 0 Å². The summed E-state index contributed by atoms with van der Waals surface area (Å²) in [6.07, 6.45) is 15.3. The van der Waals surface area contributed by atoms with Gasteiger partial charge in [-0.25, -0.2) is 4.39 Å². The topological polar surface area (TPSA) is 0 Å². The third kappa shape index (κ3) is 14.4. The minimum Gasteiger partial charge on any atom is -0.235 e. The largest absolute Gasteiger partial charge is 0.235 e. The van der Waals surface area contributed by atoms with Gasteiger partial charge in [-0.05, 0) is 12.8 Å². The lowest BCUT2D eigenvalue weighted by Crippen LogP contribution is -1.87. The van der Waals surface area contributed by atoms with Crippen molar-refractivity contribution in [3.8, 4) is 0 Å². The Morgan fingerprint density at radius 1 is 0.750 bits per heavy atom. The van der Waals surface area contributed by atoms with Crippen molar-refractivity contribution in [1.29, 1.82) is 0 Å². The van der Waals surface area contributed by atoms with Crippen LogP contribution in [0.3, 0.4) is 0 Å². The third-order valence-electron chi connectivity index (χ3n) is 3.03. The molecule has 0 saturated heterocycles. The molecule has 0 saturated carbocycles. The molecule has 1 atom stereocenters. The van der Waals surface area contributed by atoms with Crippen LogP contribution in [-0.2, 0) is 0 Å². The second-order valence-electron chi connectivity index (χ2n) is 4.72. The van der Waals surface area contributed by atoms with E-state index in [9.17, 15) is 4.39 Å². The van der Waals surface area contributed by atoms with Crippen molar-refractivity contribution in [2.24, 2.45) is 0 Å². The summed E-state index contributed by atoms with van der Waals surface area (Å²) in [4.78, 5) is 0. The second-order valence-corrected chi connectivity index (χ2v) is 5.71. The molecule has 2 heteroatoms. The van der Waals surface area contributed by atoms with Crippen LogP contribution in [0.5, 0.6) is 0 Å². The predicted octanol–water partition coefficient (Wildman–Crippen LogP) is 6.38. The van der Waals surface area contributed by atoms with Crippen LogP contribution >= 0.6 is 15.9 Å². The van der Waals surface area contributed by atoms with Gasteiger partial charge < -0.3 is 0 Å². The van der Waals surface area contributed by atoms with Gasteiger partial charge in [-0.2, -0.15) is 0 Å². The van der Waals surface area contributed by atoms with Gasteiger partial charge in [0, 0.05) is 0 Å². The molecule has 0 radical (unpaired) electrons. The molecule has 0 aliphatic carbocycles. The fourth-order valence-electron chi connectivity index (χ4n) is 1.96. The predicted molar refractivity (Wildman–Crippen MR) is 74.9 cm³/mol. The van der Waals surface area contributed by atoms with E-state index in [0.29, 0.717) is 6.42 Å². The molecule has 1 unspecified atom stereocenters. The normalized spacial score (nSPS) is 12.9. The molecule has 0 spiro atoms. The summed E-state index contributed by atoms with van der Waals surface area (Å²) in [6.45, 7) is 2.26. The van der Waals surface area contributed by atoms with E-state index in [4.69, 9.17) is 0 Å². The molecule has 0 aliphatic heterocycles. The summed E-state index contributed by atoms with van der Waals surface area (Å²) < 4.78 is 12.4. The molecule has 0 rings (SSSR count). The van der Waals surface area contributed by atoms with Crippen LogP contribution in [0, 0.1) is 0 Å². The average molecular weight is 295 g/mol. The molecule has 0 bridgehead atoms. The summed E-state index contributed by atoms with van der Waals surface area (Å²) in [5, 5.41) is -0.786. The van der Waals surface area contributed by atoms with Crippen molar-refractivity contribution in [3.05, 3.63) is 0 Å². The molecule has 0 N–H and O–H groups in total. The molecule has 0 nitrogen and oxygen atoms in total. The molecule has 0 aromatic heterocycles. The van der Waals surface area contributed by atoms with Crippen LogP contribution in [0.25, 0.3) is 0 Å². The van der Waals surface area contributed by atoms with Gasteiger partial charge in [0.05, 0.1) is 0 Å². The van der Waals surface area contributed by atoms with Gasteiger partial charge in [0.1, 0.15) is 0 Å². The first-order valence-electron chi connectivity index (χ1n) is 7.05. The van der Waals surface area contributed by atoms with Gasteiger partial charge in [0.25, 0.3) is 0 Å². The minimum atomic E-state index is -0.786. The number of hydrogen-bond donors (Lipinski definition) is 0. The molecular weight excluding hydrogens is 267 g/mol. The van der Waals surface area contributed by atoms with Gasteiger partial charge in [0.15, 0.2) is 5.08 Å². The van der Waals surface area contributed by atoms with Crippen LogP contribution in [0.2, 0.25) is 0 Å². The highest BCUT2D eigenvalue weighted by Gasteiger charge is 1.98. The Hall–Kier alpha value is 0.410.